The van der Waals surface area contributed by atoms with Crippen molar-refractivity contribution in [3.05, 3.63) is 32.3 Å². The van der Waals surface area contributed by atoms with Crippen LogP contribution in [0.25, 0.3) is 0 Å². The van der Waals surface area contributed by atoms with Gasteiger partial charge in [-0.25, -0.2) is 0 Å². The van der Waals surface area contributed by atoms with Gasteiger partial charge in [-0.15, -0.1) is 12.4 Å². The summed E-state index contributed by atoms with van der Waals surface area (Å²) in [5, 5.41) is 33.9. The van der Waals surface area contributed by atoms with Crippen molar-refractivity contribution in [1.82, 2.24) is 10.2 Å². The smallest absolute Gasteiger partial charge is 0.312 e. The third-order valence-corrected chi connectivity index (χ3v) is 3.86. The monoisotopic (exact) mass is 381 g/mol. The van der Waals surface area contributed by atoms with Gasteiger partial charge in [0, 0.05) is 42.3 Å². The van der Waals surface area contributed by atoms with E-state index in [-0.39, 0.29) is 30.5 Å². The lowest BCUT2D eigenvalue weighted by Gasteiger charge is -2.34. The first-order valence-electron chi connectivity index (χ1n) is 6.27. The van der Waals surface area contributed by atoms with Crippen molar-refractivity contribution in [2.75, 3.05) is 32.8 Å². The zero-order valence-corrected chi connectivity index (χ0v) is 13.6. The molecule has 1 heterocycles. The summed E-state index contributed by atoms with van der Waals surface area (Å²) in [5.74, 6) is -0.379. The number of aliphatic hydroxyl groups excluding tert-OH is 1. The summed E-state index contributed by atoms with van der Waals surface area (Å²) in [6.07, 6.45) is 0. The maximum absolute atomic E-state index is 11.0. The number of piperazine rings is 1. The Morgan fingerprint density at radius 2 is 2.05 bits per heavy atom. The van der Waals surface area contributed by atoms with Gasteiger partial charge < -0.3 is 15.5 Å². The Kier molecular flexibility index (Phi) is 6.82. The van der Waals surface area contributed by atoms with Gasteiger partial charge in [-0.2, -0.15) is 0 Å². The van der Waals surface area contributed by atoms with E-state index in [2.05, 4.69) is 21.2 Å². The Balaban J connectivity index is 0.00000220. The van der Waals surface area contributed by atoms with Crippen LogP contribution in [0.15, 0.2) is 16.6 Å². The molecule has 0 amide bonds. The van der Waals surface area contributed by atoms with E-state index in [9.17, 15) is 20.3 Å². The van der Waals surface area contributed by atoms with Crippen molar-refractivity contribution in [2.45, 2.75) is 6.04 Å². The van der Waals surface area contributed by atoms with Crippen molar-refractivity contribution in [1.29, 1.82) is 0 Å². The van der Waals surface area contributed by atoms with Gasteiger partial charge in [0.1, 0.15) is 0 Å². The van der Waals surface area contributed by atoms with E-state index in [0.717, 1.165) is 13.1 Å². The van der Waals surface area contributed by atoms with Crippen LogP contribution in [0.4, 0.5) is 5.69 Å². The van der Waals surface area contributed by atoms with E-state index < -0.39 is 11.0 Å². The number of halogens is 2. The van der Waals surface area contributed by atoms with E-state index in [0.29, 0.717) is 23.1 Å². The summed E-state index contributed by atoms with van der Waals surface area (Å²) >= 11 is 3.21. The summed E-state index contributed by atoms with van der Waals surface area (Å²) in [6, 6.07) is 2.42. The lowest BCUT2D eigenvalue weighted by Crippen LogP contribution is -2.46. The van der Waals surface area contributed by atoms with Gasteiger partial charge in [0.2, 0.25) is 0 Å². The fourth-order valence-electron chi connectivity index (χ4n) is 2.40. The number of rotatable bonds is 4. The number of benzene rings is 1. The van der Waals surface area contributed by atoms with Crippen LogP contribution in [0.1, 0.15) is 11.6 Å². The van der Waals surface area contributed by atoms with Crippen molar-refractivity contribution in [3.63, 3.8) is 0 Å². The van der Waals surface area contributed by atoms with Crippen LogP contribution in [-0.4, -0.2) is 52.8 Å². The van der Waals surface area contributed by atoms with Gasteiger partial charge >= 0.3 is 5.69 Å². The third-order valence-electron chi connectivity index (χ3n) is 3.41. The molecule has 0 saturated carbocycles. The maximum Gasteiger partial charge on any atom is 0.312 e. The van der Waals surface area contributed by atoms with Crippen LogP contribution >= 0.6 is 28.3 Å². The number of hydrogen-bond acceptors (Lipinski definition) is 6. The highest BCUT2D eigenvalue weighted by Gasteiger charge is 2.28. The maximum atomic E-state index is 11.0. The lowest BCUT2D eigenvalue weighted by molar-refractivity contribution is -0.386. The SMILES string of the molecule is Cl.O=[N+]([O-])c1cc(Br)cc([C@H](CO)N2CCNCC2)c1O. The summed E-state index contributed by atoms with van der Waals surface area (Å²) in [5.41, 5.74) is 0.0124. The minimum Gasteiger partial charge on any atom is -0.502 e. The number of aliphatic hydroxyl groups is 1. The van der Waals surface area contributed by atoms with Crippen molar-refractivity contribution >= 4 is 34.0 Å². The molecule has 0 aliphatic carbocycles. The van der Waals surface area contributed by atoms with Crippen LogP contribution in [-0.2, 0) is 0 Å². The molecule has 1 atom stereocenters. The Labute approximate surface area is 136 Å². The van der Waals surface area contributed by atoms with Crippen molar-refractivity contribution in [3.8, 4) is 5.75 Å². The first kappa shape index (κ1) is 18.1. The summed E-state index contributed by atoms with van der Waals surface area (Å²) < 4.78 is 0.505. The van der Waals surface area contributed by atoms with Gasteiger partial charge in [0.25, 0.3) is 0 Å². The molecule has 0 radical (unpaired) electrons. The first-order chi connectivity index (χ1) is 9.54. The number of nitrogens with zero attached hydrogens (tertiary/aromatic N) is 2. The highest BCUT2D eigenvalue weighted by Crippen LogP contribution is 2.38. The Morgan fingerprint density at radius 1 is 1.43 bits per heavy atom. The second-order valence-electron chi connectivity index (χ2n) is 4.60. The molecule has 0 unspecified atom stereocenters. The predicted octanol–water partition coefficient (Wildman–Crippen LogP) is 1.42. The normalized spacial score (nSPS) is 17.0. The predicted molar refractivity (Wildman–Crippen MR) is 84.0 cm³/mol. The van der Waals surface area contributed by atoms with E-state index in [1.807, 2.05) is 4.90 Å². The van der Waals surface area contributed by atoms with Crippen LogP contribution in [0, 0.1) is 10.1 Å². The molecule has 0 aromatic heterocycles. The molecule has 1 aromatic rings. The number of phenolic OH excluding ortho intramolecular Hbond substituents is 1. The van der Waals surface area contributed by atoms with Gasteiger partial charge in [0.05, 0.1) is 17.6 Å². The van der Waals surface area contributed by atoms with Gasteiger partial charge in [-0.1, -0.05) is 15.9 Å². The van der Waals surface area contributed by atoms with Crippen molar-refractivity contribution in [2.24, 2.45) is 0 Å². The number of nitro benzene ring substituents is 1. The summed E-state index contributed by atoms with van der Waals surface area (Å²) in [6.45, 7) is 2.79. The molecule has 21 heavy (non-hydrogen) atoms. The first-order valence-corrected chi connectivity index (χ1v) is 7.06. The minimum atomic E-state index is -0.629. The fourth-order valence-corrected chi connectivity index (χ4v) is 2.87. The Bertz CT molecular complexity index is 512. The zero-order valence-electron chi connectivity index (χ0n) is 11.2. The average Bonchev–Trinajstić information content (AvgIpc) is 2.44. The molecule has 3 N–H and O–H groups in total. The highest BCUT2D eigenvalue weighted by molar-refractivity contribution is 9.10. The summed E-state index contributed by atoms with van der Waals surface area (Å²) in [7, 11) is 0. The standard InChI is InChI=1S/C12H16BrN3O4.ClH/c13-8-5-9(12(18)10(6-8)16(19)20)11(7-17)15-3-1-14-2-4-15;/h5-6,11,14,17-18H,1-4,7H2;1H/t11-;/m0./s1. The van der Waals surface area contributed by atoms with E-state index in [1.54, 1.807) is 6.07 Å². The fraction of sp³-hybridized carbons (Fsp3) is 0.500. The van der Waals surface area contributed by atoms with Crippen molar-refractivity contribution < 1.29 is 15.1 Å². The van der Waals surface area contributed by atoms with Gasteiger partial charge in [0.15, 0.2) is 5.75 Å². The van der Waals surface area contributed by atoms with Crippen LogP contribution < -0.4 is 5.32 Å². The van der Waals surface area contributed by atoms with E-state index in [1.165, 1.54) is 6.07 Å². The molecule has 1 fully saturated rings. The number of nitrogens with one attached hydrogen (secondary N) is 1. The lowest BCUT2D eigenvalue weighted by atomic mass is 10.0. The number of hydrogen-bond donors (Lipinski definition) is 3. The minimum absolute atomic E-state index is 0. The molecule has 2 rings (SSSR count). The second kappa shape index (κ2) is 7.90. The summed E-state index contributed by atoms with van der Waals surface area (Å²) in [4.78, 5) is 12.3. The molecule has 118 valence electrons. The molecule has 1 saturated heterocycles. The number of nitro groups is 1. The molecular weight excluding hydrogens is 366 g/mol. The van der Waals surface area contributed by atoms with E-state index in [4.69, 9.17) is 0 Å². The molecule has 9 heteroatoms. The Morgan fingerprint density at radius 3 is 2.57 bits per heavy atom. The largest absolute Gasteiger partial charge is 0.502 e. The topological polar surface area (TPSA) is 98.9 Å². The van der Waals surface area contributed by atoms with Gasteiger partial charge in [-0.05, 0) is 6.07 Å². The van der Waals surface area contributed by atoms with Crippen LogP contribution in [0.3, 0.4) is 0 Å². The average molecular weight is 383 g/mol. The molecule has 7 nitrogen and oxygen atoms in total. The number of phenols is 1. The molecule has 1 aliphatic heterocycles. The molecule has 1 aliphatic rings. The van der Waals surface area contributed by atoms with Gasteiger partial charge in [-0.3, -0.25) is 15.0 Å². The number of aromatic hydroxyl groups is 1. The Hall–Kier alpha value is -0.930. The molecule has 0 bridgehead atoms. The quantitative estimate of drug-likeness (QED) is 0.538. The highest BCUT2D eigenvalue weighted by atomic mass is 79.9. The molecule has 1 aromatic carbocycles. The van der Waals surface area contributed by atoms with Crippen LogP contribution in [0.5, 0.6) is 5.75 Å². The third kappa shape index (κ3) is 4.04. The zero-order chi connectivity index (χ0) is 14.7. The van der Waals surface area contributed by atoms with E-state index >= 15 is 0 Å². The molecule has 0 spiro atoms. The second-order valence-corrected chi connectivity index (χ2v) is 5.52. The van der Waals surface area contributed by atoms with Crippen LogP contribution in [0.2, 0.25) is 0 Å². The molecular formula is C12H17BrClN3O4.